The van der Waals surface area contributed by atoms with Crippen LogP contribution in [0.2, 0.25) is 0 Å². The van der Waals surface area contributed by atoms with E-state index in [-0.39, 0.29) is 11.5 Å². The summed E-state index contributed by atoms with van der Waals surface area (Å²) in [4.78, 5) is 30.7. The first-order valence-electron chi connectivity index (χ1n) is 10.1. The standard InChI is InChI=1S/C22H24N4O3S/c27-20(23-10-3-11-25-12-14-29-15-13-25)16-6-8-17(9-7-16)26-21(28)18-4-1-2-5-19(18)24-22(26)30/h1-2,4-9H,3,10-15H2,(H,23,27)(H,24,30). The molecule has 2 N–H and O–H groups in total. The summed E-state index contributed by atoms with van der Waals surface area (Å²) in [7, 11) is 0. The predicted molar refractivity (Wildman–Crippen MR) is 119 cm³/mol. The number of carbonyl (C=O) groups is 1. The number of nitrogens with one attached hydrogen (secondary N) is 2. The SMILES string of the molecule is O=C(NCCCN1CCOCC1)c1ccc(-n2c(=S)[nH]c3ccccc3c2=O)cc1. The van der Waals surface area contributed by atoms with E-state index in [9.17, 15) is 9.59 Å². The molecule has 1 aromatic heterocycles. The lowest BCUT2D eigenvalue weighted by molar-refractivity contribution is 0.0374. The number of aromatic nitrogens is 2. The number of aromatic amines is 1. The predicted octanol–water partition coefficient (Wildman–Crippen LogP) is 2.50. The topological polar surface area (TPSA) is 79.4 Å². The van der Waals surface area contributed by atoms with Gasteiger partial charge in [-0.2, -0.15) is 0 Å². The molecule has 2 heterocycles. The van der Waals surface area contributed by atoms with E-state index in [0.29, 0.717) is 33.5 Å². The molecule has 30 heavy (non-hydrogen) atoms. The third-order valence-electron chi connectivity index (χ3n) is 5.23. The molecule has 0 bridgehead atoms. The number of H-pyrrole nitrogens is 1. The van der Waals surface area contributed by atoms with Crippen LogP contribution in [0.5, 0.6) is 0 Å². The summed E-state index contributed by atoms with van der Waals surface area (Å²) in [5, 5.41) is 3.52. The fourth-order valence-electron chi connectivity index (χ4n) is 3.59. The van der Waals surface area contributed by atoms with Crippen molar-refractivity contribution in [2.24, 2.45) is 0 Å². The van der Waals surface area contributed by atoms with Gasteiger partial charge >= 0.3 is 0 Å². The second-order valence-electron chi connectivity index (χ2n) is 7.23. The highest BCUT2D eigenvalue weighted by atomic mass is 32.1. The number of rotatable bonds is 6. The van der Waals surface area contributed by atoms with Crippen LogP contribution in [0.1, 0.15) is 16.8 Å². The normalized spacial score (nSPS) is 14.7. The molecule has 2 aromatic carbocycles. The molecular weight excluding hydrogens is 400 g/mol. The van der Waals surface area contributed by atoms with Gasteiger partial charge in [-0.3, -0.25) is 19.1 Å². The van der Waals surface area contributed by atoms with E-state index in [1.807, 2.05) is 18.2 Å². The zero-order chi connectivity index (χ0) is 20.9. The third-order valence-corrected chi connectivity index (χ3v) is 5.52. The second kappa shape index (κ2) is 9.34. The van der Waals surface area contributed by atoms with E-state index >= 15 is 0 Å². The molecule has 4 rings (SSSR count). The molecule has 0 spiro atoms. The monoisotopic (exact) mass is 424 g/mol. The van der Waals surface area contributed by atoms with Gasteiger partial charge in [-0.15, -0.1) is 0 Å². The summed E-state index contributed by atoms with van der Waals surface area (Å²) >= 11 is 5.37. The van der Waals surface area contributed by atoms with Gasteiger partial charge in [0.2, 0.25) is 0 Å². The largest absolute Gasteiger partial charge is 0.379 e. The summed E-state index contributed by atoms with van der Waals surface area (Å²) < 4.78 is 7.10. The number of nitrogens with zero attached hydrogens (tertiary/aromatic N) is 2. The Bertz CT molecular complexity index is 1150. The average Bonchev–Trinajstić information content (AvgIpc) is 2.78. The fourth-order valence-corrected chi connectivity index (χ4v) is 3.89. The third kappa shape index (κ3) is 4.51. The van der Waals surface area contributed by atoms with Crippen LogP contribution in [0.15, 0.2) is 53.3 Å². The van der Waals surface area contributed by atoms with Gasteiger partial charge in [0.15, 0.2) is 4.77 Å². The first kappa shape index (κ1) is 20.5. The van der Waals surface area contributed by atoms with E-state index in [1.165, 1.54) is 4.57 Å². The molecule has 7 nitrogen and oxygen atoms in total. The minimum Gasteiger partial charge on any atom is -0.379 e. The molecule has 3 aromatic rings. The Balaban J connectivity index is 1.41. The lowest BCUT2D eigenvalue weighted by Gasteiger charge is -2.26. The number of hydrogen-bond donors (Lipinski definition) is 2. The first-order chi connectivity index (χ1) is 14.6. The van der Waals surface area contributed by atoms with Crippen LogP contribution in [0.4, 0.5) is 0 Å². The van der Waals surface area contributed by atoms with E-state index in [1.54, 1.807) is 30.3 Å². The highest BCUT2D eigenvalue weighted by Crippen LogP contribution is 2.12. The van der Waals surface area contributed by atoms with Gasteiger partial charge in [0, 0.05) is 25.2 Å². The molecule has 1 aliphatic rings. The second-order valence-corrected chi connectivity index (χ2v) is 7.61. The van der Waals surface area contributed by atoms with Crippen LogP contribution in [0, 0.1) is 4.77 Å². The maximum Gasteiger partial charge on any atom is 0.266 e. The summed E-state index contributed by atoms with van der Waals surface area (Å²) in [6.07, 6.45) is 0.894. The van der Waals surface area contributed by atoms with E-state index in [2.05, 4.69) is 15.2 Å². The number of hydrogen-bond acceptors (Lipinski definition) is 5. The lowest BCUT2D eigenvalue weighted by Crippen LogP contribution is -2.38. The Morgan fingerprint density at radius 1 is 1.10 bits per heavy atom. The molecule has 1 fully saturated rings. The number of carbonyl (C=O) groups excluding carboxylic acids is 1. The summed E-state index contributed by atoms with van der Waals surface area (Å²) in [5.41, 5.74) is 1.69. The van der Waals surface area contributed by atoms with E-state index in [4.69, 9.17) is 17.0 Å². The molecule has 0 radical (unpaired) electrons. The Morgan fingerprint density at radius 2 is 1.83 bits per heavy atom. The highest BCUT2D eigenvalue weighted by molar-refractivity contribution is 7.71. The average molecular weight is 425 g/mol. The van der Waals surface area contributed by atoms with Crippen molar-refractivity contribution in [1.82, 2.24) is 19.8 Å². The highest BCUT2D eigenvalue weighted by Gasteiger charge is 2.11. The van der Waals surface area contributed by atoms with Crippen molar-refractivity contribution in [1.29, 1.82) is 0 Å². The zero-order valence-electron chi connectivity index (χ0n) is 16.6. The van der Waals surface area contributed by atoms with Gasteiger partial charge in [-0.05, 0) is 61.6 Å². The number of para-hydroxylation sites is 1. The van der Waals surface area contributed by atoms with Gasteiger partial charge in [0.25, 0.3) is 11.5 Å². The van der Waals surface area contributed by atoms with Crippen LogP contribution in [-0.4, -0.2) is 59.8 Å². The van der Waals surface area contributed by atoms with E-state index in [0.717, 1.165) is 39.3 Å². The van der Waals surface area contributed by atoms with Crippen LogP contribution < -0.4 is 10.9 Å². The van der Waals surface area contributed by atoms with Gasteiger partial charge in [-0.1, -0.05) is 12.1 Å². The number of amides is 1. The Kier molecular flexibility index (Phi) is 6.37. The van der Waals surface area contributed by atoms with Crippen LogP contribution >= 0.6 is 12.2 Å². The molecule has 0 aliphatic carbocycles. The van der Waals surface area contributed by atoms with Crippen molar-refractivity contribution < 1.29 is 9.53 Å². The van der Waals surface area contributed by atoms with Crippen molar-refractivity contribution in [3.63, 3.8) is 0 Å². The van der Waals surface area contributed by atoms with Crippen molar-refractivity contribution in [2.45, 2.75) is 6.42 Å². The van der Waals surface area contributed by atoms with Crippen molar-refractivity contribution in [3.8, 4) is 5.69 Å². The number of ether oxygens (including phenoxy) is 1. The summed E-state index contributed by atoms with van der Waals surface area (Å²) in [6, 6.07) is 14.2. The van der Waals surface area contributed by atoms with Crippen molar-refractivity contribution in [3.05, 3.63) is 69.2 Å². The first-order valence-corrected chi connectivity index (χ1v) is 10.5. The summed E-state index contributed by atoms with van der Waals surface area (Å²) in [6.45, 7) is 5.03. The molecule has 0 saturated carbocycles. The van der Waals surface area contributed by atoms with Crippen molar-refractivity contribution in [2.75, 3.05) is 39.4 Å². The lowest BCUT2D eigenvalue weighted by atomic mass is 10.2. The molecule has 1 amide bonds. The molecule has 0 unspecified atom stereocenters. The maximum atomic E-state index is 12.9. The van der Waals surface area contributed by atoms with Crippen LogP contribution in [0.25, 0.3) is 16.6 Å². The maximum absolute atomic E-state index is 12.9. The number of fused-ring (bicyclic) bond motifs is 1. The quantitative estimate of drug-likeness (QED) is 0.470. The number of morpholine rings is 1. The van der Waals surface area contributed by atoms with Crippen LogP contribution in [0.3, 0.4) is 0 Å². The summed E-state index contributed by atoms with van der Waals surface area (Å²) in [5.74, 6) is -0.125. The molecule has 156 valence electrons. The Morgan fingerprint density at radius 3 is 2.60 bits per heavy atom. The van der Waals surface area contributed by atoms with Gasteiger partial charge in [0.05, 0.1) is 29.8 Å². The van der Waals surface area contributed by atoms with Gasteiger partial charge < -0.3 is 15.0 Å². The van der Waals surface area contributed by atoms with Crippen molar-refractivity contribution >= 4 is 29.0 Å². The van der Waals surface area contributed by atoms with Crippen LogP contribution in [-0.2, 0) is 4.74 Å². The van der Waals surface area contributed by atoms with Gasteiger partial charge in [-0.25, -0.2) is 0 Å². The Labute approximate surface area is 179 Å². The minimum absolute atomic E-state index is 0.125. The fraction of sp³-hybridized carbons (Fsp3) is 0.318. The Hall–Kier alpha value is -2.81. The number of benzene rings is 2. The molecule has 8 heteroatoms. The molecule has 1 saturated heterocycles. The van der Waals surface area contributed by atoms with E-state index < -0.39 is 0 Å². The zero-order valence-corrected chi connectivity index (χ0v) is 17.4. The molecule has 1 aliphatic heterocycles. The molecule has 0 atom stereocenters. The van der Waals surface area contributed by atoms with Gasteiger partial charge in [0.1, 0.15) is 0 Å². The smallest absolute Gasteiger partial charge is 0.266 e. The minimum atomic E-state index is -0.185. The molecular formula is C22H24N4O3S.